The van der Waals surface area contributed by atoms with Crippen molar-refractivity contribution in [1.29, 1.82) is 0 Å². The summed E-state index contributed by atoms with van der Waals surface area (Å²) >= 11 is 0. The average molecular weight is 304 g/mol. The molecule has 0 aliphatic carbocycles. The number of nitrogens with one attached hydrogen (secondary N) is 1. The van der Waals surface area contributed by atoms with Crippen LogP contribution in [0.2, 0.25) is 0 Å². The van der Waals surface area contributed by atoms with E-state index in [1.807, 2.05) is 0 Å². The smallest absolute Gasteiger partial charge is 0.222 e. The first-order valence-electron chi connectivity index (χ1n) is 7.03. The SMILES string of the molecule is NC(=O)[C@@H](CNCc1cccc(F)c1)Cc1ccc(F)cc1. The Morgan fingerprint density at radius 2 is 1.77 bits per heavy atom. The van der Waals surface area contributed by atoms with Crippen molar-refractivity contribution >= 4 is 5.91 Å². The van der Waals surface area contributed by atoms with Crippen LogP contribution in [0.5, 0.6) is 0 Å². The van der Waals surface area contributed by atoms with E-state index in [1.54, 1.807) is 24.3 Å². The zero-order valence-electron chi connectivity index (χ0n) is 12.1. The van der Waals surface area contributed by atoms with E-state index in [2.05, 4.69) is 5.32 Å². The second-order valence-electron chi connectivity index (χ2n) is 5.19. The third kappa shape index (κ3) is 4.93. The Morgan fingerprint density at radius 1 is 1.05 bits per heavy atom. The van der Waals surface area contributed by atoms with Gasteiger partial charge in [0, 0.05) is 13.1 Å². The molecule has 0 aromatic heterocycles. The normalized spacial score (nSPS) is 12.1. The van der Waals surface area contributed by atoms with Crippen molar-refractivity contribution in [1.82, 2.24) is 5.32 Å². The van der Waals surface area contributed by atoms with E-state index in [9.17, 15) is 13.6 Å². The largest absolute Gasteiger partial charge is 0.369 e. The van der Waals surface area contributed by atoms with Gasteiger partial charge in [-0.2, -0.15) is 0 Å². The summed E-state index contributed by atoms with van der Waals surface area (Å²) in [5, 5.41) is 3.10. The van der Waals surface area contributed by atoms with E-state index < -0.39 is 11.8 Å². The molecule has 2 aromatic carbocycles. The van der Waals surface area contributed by atoms with Crippen LogP contribution in [0.3, 0.4) is 0 Å². The van der Waals surface area contributed by atoms with E-state index >= 15 is 0 Å². The Balaban J connectivity index is 1.89. The van der Waals surface area contributed by atoms with E-state index in [0.717, 1.165) is 11.1 Å². The van der Waals surface area contributed by atoms with Crippen LogP contribution in [-0.2, 0) is 17.8 Å². The molecule has 0 bridgehead atoms. The number of hydrogen-bond donors (Lipinski definition) is 2. The Bertz CT molecular complexity index is 629. The highest BCUT2D eigenvalue weighted by Gasteiger charge is 2.15. The topological polar surface area (TPSA) is 55.1 Å². The zero-order chi connectivity index (χ0) is 15.9. The molecule has 0 aliphatic rings. The molecule has 0 fully saturated rings. The molecular formula is C17H18F2N2O. The lowest BCUT2D eigenvalue weighted by molar-refractivity contribution is -0.121. The highest BCUT2D eigenvalue weighted by Crippen LogP contribution is 2.10. The molecule has 2 aromatic rings. The molecule has 2 rings (SSSR count). The first-order valence-corrected chi connectivity index (χ1v) is 7.03. The second kappa shape index (κ2) is 7.66. The highest BCUT2D eigenvalue weighted by atomic mass is 19.1. The van der Waals surface area contributed by atoms with Crippen LogP contribution in [-0.4, -0.2) is 12.5 Å². The van der Waals surface area contributed by atoms with Crippen LogP contribution in [0.15, 0.2) is 48.5 Å². The summed E-state index contributed by atoms with van der Waals surface area (Å²) in [6.45, 7) is 0.828. The number of rotatable bonds is 7. The molecule has 1 atom stereocenters. The van der Waals surface area contributed by atoms with Crippen LogP contribution in [0, 0.1) is 17.6 Å². The van der Waals surface area contributed by atoms with Crippen molar-refractivity contribution in [3.8, 4) is 0 Å². The van der Waals surface area contributed by atoms with Gasteiger partial charge >= 0.3 is 0 Å². The van der Waals surface area contributed by atoms with E-state index in [4.69, 9.17) is 5.73 Å². The standard InChI is InChI=1S/C17H18F2N2O/c18-15-6-4-12(5-7-15)8-14(17(20)22)11-21-10-13-2-1-3-16(19)9-13/h1-7,9,14,21H,8,10-11H2,(H2,20,22)/t14-/m1/s1. The summed E-state index contributed by atoms with van der Waals surface area (Å²) < 4.78 is 25.9. The van der Waals surface area contributed by atoms with Crippen molar-refractivity contribution in [2.75, 3.05) is 6.54 Å². The fourth-order valence-electron chi connectivity index (χ4n) is 2.22. The van der Waals surface area contributed by atoms with Gasteiger partial charge < -0.3 is 11.1 Å². The predicted molar refractivity (Wildman–Crippen MR) is 80.9 cm³/mol. The molecule has 0 saturated carbocycles. The summed E-state index contributed by atoms with van der Waals surface area (Å²) in [6, 6.07) is 12.2. The number of benzene rings is 2. The molecule has 0 heterocycles. The Morgan fingerprint density at radius 3 is 2.41 bits per heavy atom. The van der Waals surface area contributed by atoms with Crippen molar-refractivity contribution in [2.45, 2.75) is 13.0 Å². The fourth-order valence-corrected chi connectivity index (χ4v) is 2.22. The summed E-state index contributed by atoms with van der Waals surface area (Å²) in [5.74, 6) is -1.43. The second-order valence-corrected chi connectivity index (χ2v) is 5.19. The van der Waals surface area contributed by atoms with Gasteiger partial charge in [0.25, 0.3) is 0 Å². The minimum absolute atomic E-state index is 0.294. The first-order chi connectivity index (χ1) is 10.5. The van der Waals surface area contributed by atoms with Crippen LogP contribution in [0.1, 0.15) is 11.1 Å². The molecular weight excluding hydrogens is 286 g/mol. The van der Waals surface area contributed by atoms with Gasteiger partial charge in [0.15, 0.2) is 0 Å². The summed E-state index contributed by atoms with van der Waals surface area (Å²) in [4.78, 5) is 11.5. The fraction of sp³-hybridized carbons (Fsp3) is 0.235. The first kappa shape index (κ1) is 16.1. The van der Waals surface area contributed by atoms with Gasteiger partial charge in [-0.05, 0) is 41.8 Å². The maximum absolute atomic E-state index is 13.1. The zero-order valence-corrected chi connectivity index (χ0v) is 12.1. The maximum Gasteiger partial charge on any atom is 0.222 e. The van der Waals surface area contributed by atoms with Crippen molar-refractivity contribution < 1.29 is 13.6 Å². The number of amides is 1. The van der Waals surface area contributed by atoms with E-state index in [0.29, 0.717) is 19.5 Å². The quantitative estimate of drug-likeness (QED) is 0.825. The molecule has 3 N–H and O–H groups in total. The molecule has 3 nitrogen and oxygen atoms in total. The monoisotopic (exact) mass is 304 g/mol. The number of carbonyl (C=O) groups is 1. The Labute approximate surface area is 128 Å². The lowest BCUT2D eigenvalue weighted by Crippen LogP contribution is -2.34. The summed E-state index contributed by atoms with van der Waals surface area (Å²) in [6.07, 6.45) is 0.436. The van der Waals surface area contributed by atoms with Gasteiger partial charge in [-0.1, -0.05) is 24.3 Å². The minimum atomic E-state index is -0.420. The van der Waals surface area contributed by atoms with E-state index in [-0.39, 0.29) is 11.6 Å². The lowest BCUT2D eigenvalue weighted by Gasteiger charge is -2.14. The molecule has 0 unspecified atom stereocenters. The third-order valence-electron chi connectivity index (χ3n) is 3.41. The van der Waals surface area contributed by atoms with Gasteiger partial charge in [-0.15, -0.1) is 0 Å². The van der Waals surface area contributed by atoms with Crippen LogP contribution in [0.4, 0.5) is 8.78 Å². The molecule has 0 aliphatic heterocycles. The average Bonchev–Trinajstić information content (AvgIpc) is 2.48. The molecule has 116 valence electrons. The molecule has 22 heavy (non-hydrogen) atoms. The highest BCUT2D eigenvalue weighted by molar-refractivity contribution is 5.77. The van der Waals surface area contributed by atoms with Gasteiger partial charge in [0.05, 0.1) is 5.92 Å². The number of primary amides is 1. The number of halogens is 2. The third-order valence-corrected chi connectivity index (χ3v) is 3.41. The van der Waals surface area contributed by atoms with Gasteiger partial charge in [-0.3, -0.25) is 4.79 Å². The van der Waals surface area contributed by atoms with Crippen LogP contribution >= 0.6 is 0 Å². The number of hydrogen-bond acceptors (Lipinski definition) is 2. The molecule has 5 heteroatoms. The molecule has 1 amide bonds. The van der Waals surface area contributed by atoms with Crippen LogP contribution < -0.4 is 11.1 Å². The maximum atomic E-state index is 13.1. The lowest BCUT2D eigenvalue weighted by atomic mass is 9.98. The molecule has 0 radical (unpaired) electrons. The van der Waals surface area contributed by atoms with Crippen LogP contribution in [0.25, 0.3) is 0 Å². The van der Waals surface area contributed by atoms with Crippen molar-refractivity contribution in [2.24, 2.45) is 11.7 Å². The Kier molecular flexibility index (Phi) is 5.61. The molecule has 0 spiro atoms. The minimum Gasteiger partial charge on any atom is -0.369 e. The van der Waals surface area contributed by atoms with Gasteiger partial charge in [0.2, 0.25) is 5.91 Å². The summed E-state index contributed by atoms with van der Waals surface area (Å²) in [7, 11) is 0. The van der Waals surface area contributed by atoms with Gasteiger partial charge in [-0.25, -0.2) is 8.78 Å². The number of carbonyl (C=O) groups excluding carboxylic acids is 1. The molecule has 0 saturated heterocycles. The summed E-state index contributed by atoms with van der Waals surface area (Å²) in [5.41, 5.74) is 7.05. The Hall–Kier alpha value is -2.27. The number of nitrogens with two attached hydrogens (primary N) is 1. The van der Waals surface area contributed by atoms with Crippen molar-refractivity contribution in [3.05, 3.63) is 71.3 Å². The van der Waals surface area contributed by atoms with E-state index in [1.165, 1.54) is 24.3 Å². The van der Waals surface area contributed by atoms with Crippen molar-refractivity contribution in [3.63, 3.8) is 0 Å². The van der Waals surface area contributed by atoms with Gasteiger partial charge in [0.1, 0.15) is 11.6 Å². The predicted octanol–water partition coefficient (Wildman–Crippen LogP) is 2.40.